The highest BCUT2D eigenvalue weighted by molar-refractivity contribution is 6.05. The van der Waals surface area contributed by atoms with Crippen molar-refractivity contribution >= 4 is 11.6 Å². The van der Waals surface area contributed by atoms with E-state index in [0.717, 1.165) is 17.0 Å². The second-order valence-electron chi connectivity index (χ2n) is 7.08. The van der Waals surface area contributed by atoms with Crippen LogP contribution in [0.15, 0.2) is 42.5 Å². The molecule has 0 radical (unpaired) electrons. The Morgan fingerprint density at radius 2 is 1.65 bits per heavy atom. The van der Waals surface area contributed by atoms with Crippen molar-refractivity contribution in [3.63, 3.8) is 0 Å². The van der Waals surface area contributed by atoms with Crippen LogP contribution in [0.1, 0.15) is 41.2 Å². The Labute approximate surface area is 182 Å². The Morgan fingerprint density at radius 3 is 2.26 bits per heavy atom. The van der Waals surface area contributed by atoms with E-state index in [1.54, 1.807) is 4.68 Å². The first-order chi connectivity index (χ1) is 14.9. The van der Waals surface area contributed by atoms with Gasteiger partial charge in [-0.15, -0.1) is 0 Å². The summed E-state index contributed by atoms with van der Waals surface area (Å²) in [5.41, 5.74) is 3.81. The molecule has 1 amide bonds. The molecule has 1 N–H and O–H groups in total. The van der Waals surface area contributed by atoms with Gasteiger partial charge in [0.2, 0.25) is 0 Å². The minimum atomic E-state index is -0.172. The van der Waals surface area contributed by atoms with Gasteiger partial charge in [0.25, 0.3) is 5.91 Å². The Kier molecular flexibility index (Phi) is 7.18. The number of hydrogen-bond acceptors (Lipinski definition) is 5. The number of rotatable bonds is 9. The fraction of sp³-hybridized carbons (Fsp3) is 0.333. The van der Waals surface area contributed by atoms with Gasteiger partial charge in [-0.05, 0) is 69.7 Å². The average Bonchev–Trinajstić information content (AvgIpc) is 3.01. The predicted octanol–water partition coefficient (Wildman–Crippen LogP) is 4.67. The lowest BCUT2D eigenvalue weighted by Crippen LogP contribution is -2.14. The second-order valence-corrected chi connectivity index (χ2v) is 7.08. The van der Waals surface area contributed by atoms with Crippen LogP contribution in [0.4, 0.5) is 5.69 Å². The van der Waals surface area contributed by atoms with Gasteiger partial charge in [-0.25, -0.2) is 0 Å². The molecule has 0 unspecified atom stereocenters. The lowest BCUT2D eigenvalue weighted by molar-refractivity contribution is 0.102. The normalized spacial score (nSPS) is 10.6. The van der Waals surface area contributed by atoms with Crippen molar-refractivity contribution in [3.8, 4) is 17.2 Å². The molecule has 7 heteroatoms. The molecule has 0 aliphatic heterocycles. The summed E-state index contributed by atoms with van der Waals surface area (Å²) in [5, 5.41) is 7.21. The third-order valence-electron chi connectivity index (χ3n) is 4.86. The zero-order valence-electron chi connectivity index (χ0n) is 18.7. The number of hydrogen-bond donors (Lipinski definition) is 1. The number of nitrogens with one attached hydrogen (secondary N) is 1. The van der Waals surface area contributed by atoms with Gasteiger partial charge in [0.1, 0.15) is 12.4 Å². The van der Waals surface area contributed by atoms with Crippen molar-refractivity contribution < 1.29 is 19.0 Å². The van der Waals surface area contributed by atoms with E-state index < -0.39 is 0 Å². The molecule has 0 spiro atoms. The Hall–Kier alpha value is -3.48. The molecule has 0 bridgehead atoms. The lowest BCUT2D eigenvalue weighted by atomic mass is 10.2. The Morgan fingerprint density at radius 1 is 0.968 bits per heavy atom. The number of carbonyl (C=O) groups is 1. The largest absolute Gasteiger partial charge is 0.490 e. The van der Waals surface area contributed by atoms with E-state index in [-0.39, 0.29) is 5.91 Å². The smallest absolute Gasteiger partial charge is 0.259 e. The molecule has 31 heavy (non-hydrogen) atoms. The molecule has 0 saturated heterocycles. The van der Waals surface area contributed by atoms with E-state index in [2.05, 4.69) is 10.4 Å². The molecule has 0 saturated carbocycles. The first-order valence-electron chi connectivity index (χ1n) is 10.4. The molecule has 7 nitrogen and oxygen atoms in total. The molecule has 0 fully saturated rings. The quantitative estimate of drug-likeness (QED) is 0.542. The van der Waals surface area contributed by atoms with Crippen LogP contribution < -0.4 is 19.5 Å². The molecule has 3 aromatic rings. The van der Waals surface area contributed by atoms with Crippen molar-refractivity contribution in [1.29, 1.82) is 0 Å². The summed E-state index contributed by atoms with van der Waals surface area (Å²) in [7, 11) is 1.83. The number of anilines is 1. The highest BCUT2D eigenvalue weighted by Crippen LogP contribution is 2.29. The van der Waals surface area contributed by atoms with Crippen LogP contribution in [0, 0.1) is 13.8 Å². The molecule has 0 aliphatic rings. The minimum absolute atomic E-state index is 0.172. The number of ether oxygens (including phenoxy) is 3. The van der Waals surface area contributed by atoms with Gasteiger partial charge in [-0.3, -0.25) is 9.48 Å². The van der Waals surface area contributed by atoms with Crippen LogP contribution in [0.3, 0.4) is 0 Å². The maximum atomic E-state index is 12.6. The molecule has 0 atom stereocenters. The van der Waals surface area contributed by atoms with Gasteiger partial charge < -0.3 is 19.5 Å². The standard InChI is InChI=1S/C24H29N3O4/c1-6-29-21-13-8-18(14-22(21)30-7-2)15-31-20-11-9-19(10-12-20)25-24(28)23-16(3)26-27(5)17(23)4/h8-14H,6-7,15H2,1-5H3,(H,25,28). The third kappa shape index (κ3) is 5.36. The van der Waals surface area contributed by atoms with Gasteiger partial charge in [0.05, 0.1) is 24.5 Å². The number of aromatic nitrogens is 2. The summed E-state index contributed by atoms with van der Waals surface area (Å²) < 4.78 is 18.9. The van der Waals surface area contributed by atoms with Crippen molar-refractivity contribution in [2.24, 2.45) is 7.05 Å². The summed E-state index contributed by atoms with van der Waals surface area (Å²) in [6.07, 6.45) is 0. The SMILES string of the molecule is CCOc1ccc(COc2ccc(NC(=O)c3c(C)nn(C)c3C)cc2)cc1OCC. The summed E-state index contributed by atoms with van der Waals surface area (Å²) >= 11 is 0. The molecular weight excluding hydrogens is 394 g/mol. The zero-order chi connectivity index (χ0) is 22.4. The predicted molar refractivity (Wildman–Crippen MR) is 120 cm³/mol. The van der Waals surface area contributed by atoms with E-state index in [1.165, 1.54) is 0 Å². The van der Waals surface area contributed by atoms with Crippen LogP contribution >= 0.6 is 0 Å². The van der Waals surface area contributed by atoms with Crippen molar-refractivity contribution in [3.05, 3.63) is 65.0 Å². The second kappa shape index (κ2) is 10.0. The van der Waals surface area contributed by atoms with E-state index in [1.807, 2.05) is 77.2 Å². The maximum absolute atomic E-state index is 12.6. The Bertz CT molecular complexity index is 1040. The first kappa shape index (κ1) is 22.2. The molecule has 2 aromatic carbocycles. The van der Waals surface area contributed by atoms with Crippen LogP contribution in [-0.4, -0.2) is 28.9 Å². The van der Waals surface area contributed by atoms with Crippen LogP contribution in [0.25, 0.3) is 0 Å². The Balaban J connectivity index is 1.62. The fourth-order valence-electron chi connectivity index (χ4n) is 3.28. The molecule has 164 valence electrons. The van der Waals surface area contributed by atoms with Crippen LogP contribution in [0.2, 0.25) is 0 Å². The van der Waals surface area contributed by atoms with Gasteiger partial charge in [-0.2, -0.15) is 5.10 Å². The average molecular weight is 424 g/mol. The van der Waals surface area contributed by atoms with Crippen LogP contribution in [0.5, 0.6) is 17.2 Å². The number of nitrogens with zero attached hydrogens (tertiary/aromatic N) is 2. The zero-order valence-corrected chi connectivity index (χ0v) is 18.7. The summed E-state index contributed by atoms with van der Waals surface area (Å²) in [6.45, 7) is 9.13. The highest BCUT2D eigenvalue weighted by atomic mass is 16.5. The number of amides is 1. The summed E-state index contributed by atoms with van der Waals surface area (Å²) in [4.78, 5) is 12.6. The van der Waals surface area contributed by atoms with Crippen molar-refractivity contribution in [2.75, 3.05) is 18.5 Å². The highest BCUT2D eigenvalue weighted by Gasteiger charge is 2.17. The number of carbonyl (C=O) groups excluding carboxylic acids is 1. The molecule has 0 aliphatic carbocycles. The lowest BCUT2D eigenvalue weighted by Gasteiger charge is -2.13. The van der Waals surface area contributed by atoms with Crippen LogP contribution in [-0.2, 0) is 13.7 Å². The molecule has 1 heterocycles. The number of aryl methyl sites for hydroxylation is 2. The maximum Gasteiger partial charge on any atom is 0.259 e. The first-order valence-corrected chi connectivity index (χ1v) is 10.4. The number of benzene rings is 2. The summed E-state index contributed by atoms with van der Waals surface area (Å²) in [5.74, 6) is 1.98. The van der Waals surface area contributed by atoms with E-state index >= 15 is 0 Å². The molecular formula is C24H29N3O4. The molecule has 3 rings (SSSR count). The van der Waals surface area contributed by atoms with Gasteiger partial charge in [0, 0.05) is 18.4 Å². The summed E-state index contributed by atoms with van der Waals surface area (Å²) in [6, 6.07) is 13.1. The van der Waals surface area contributed by atoms with Gasteiger partial charge >= 0.3 is 0 Å². The molecule has 1 aromatic heterocycles. The van der Waals surface area contributed by atoms with Gasteiger partial charge in [-0.1, -0.05) is 6.07 Å². The van der Waals surface area contributed by atoms with E-state index in [0.29, 0.717) is 48.3 Å². The topological polar surface area (TPSA) is 74.6 Å². The minimum Gasteiger partial charge on any atom is -0.490 e. The van der Waals surface area contributed by atoms with Crippen molar-refractivity contribution in [2.45, 2.75) is 34.3 Å². The monoisotopic (exact) mass is 423 g/mol. The fourth-order valence-corrected chi connectivity index (χ4v) is 3.28. The van der Waals surface area contributed by atoms with Gasteiger partial charge in [0.15, 0.2) is 11.5 Å². The van der Waals surface area contributed by atoms with E-state index in [9.17, 15) is 4.79 Å². The van der Waals surface area contributed by atoms with Crippen molar-refractivity contribution in [1.82, 2.24) is 9.78 Å². The van der Waals surface area contributed by atoms with E-state index in [4.69, 9.17) is 14.2 Å². The third-order valence-corrected chi connectivity index (χ3v) is 4.86.